The fourth-order valence-electron chi connectivity index (χ4n) is 1.65. The Kier molecular flexibility index (Phi) is 4.86. The highest BCUT2D eigenvalue weighted by Crippen LogP contribution is 2.17. The van der Waals surface area contributed by atoms with Crippen LogP contribution in [0.15, 0.2) is 46.9 Å². The van der Waals surface area contributed by atoms with E-state index < -0.39 is 0 Å². The summed E-state index contributed by atoms with van der Waals surface area (Å²) in [7, 11) is 0. The van der Waals surface area contributed by atoms with Gasteiger partial charge >= 0.3 is 0 Å². The van der Waals surface area contributed by atoms with Gasteiger partial charge in [0.2, 0.25) is 0 Å². The van der Waals surface area contributed by atoms with Crippen LogP contribution < -0.4 is 9.47 Å². The zero-order chi connectivity index (χ0) is 13.7. The minimum atomic E-state index is 0.536. The Hall–Kier alpha value is -1.48. The van der Waals surface area contributed by atoms with E-state index in [4.69, 9.17) is 9.47 Å². The molecule has 0 atom stereocenters. The molecule has 0 heterocycles. The molecular weight excluding hydrogens is 304 g/mol. The predicted molar refractivity (Wildman–Crippen MR) is 81.0 cm³/mol. The molecule has 0 aliphatic carbocycles. The van der Waals surface area contributed by atoms with Crippen molar-refractivity contribution >= 4 is 15.9 Å². The van der Waals surface area contributed by atoms with Crippen molar-refractivity contribution in [3.05, 3.63) is 58.1 Å². The molecule has 0 unspecified atom stereocenters. The van der Waals surface area contributed by atoms with E-state index >= 15 is 0 Å². The second-order valence-corrected chi connectivity index (χ2v) is 5.31. The lowest BCUT2D eigenvalue weighted by Gasteiger charge is -2.09. The summed E-state index contributed by atoms with van der Waals surface area (Å²) in [5.74, 6) is 1.74. The number of hydrogen-bond acceptors (Lipinski definition) is 2. The highest BCUT2D eigenvalue weighted by Gasteiger charge is 1.98. The van der Waals surface area contributed by atoms with E-state index in [-0.39, 0.29) is 0 Å². The largest absolute Gasteiger partial charge is 0.490 e. The molecule has 0 aromatic heterocycles. The standard InChI is InChI=1S/C16H17BrO2/c1-12-3-6-16(11-13(12)2)19-10-9-18-15-7-4-14(17)5-8-15/h3-8,11H,9-10H2,1-2H3. The molecule has 0 amide bonds. The van der Waals surface area contributed by atoms with Gasteiger partial charge in [-0.15, -0.1) is 0 Å². The van der Waals surface area contributed by atoms with Gasteiger partial charge in [0.05, 0.1) is 0 Å². The number of halogens is 1. The van der Waals surface area contributed by atoms with Crippen LogP contribution in [0.1, 0.15) is 11.1 Å². The molecule has 2 aromatic carbocycles. The average molecular weight is 321 g/mol. The molecular formula is C16H17BrO2. The lowest BCUT2D eigenvalue weighted by molar-refractivity contribution is 0.217. The minimum Gasteiger partial charge on any atom is -0.490 e. The molecule has 0 spiro atoms. The maximum atomic E-state index is 5.65. The topological polar surface area (TPSA) is 18.5 Å². The first-order valence-electron chi connectivity index (χ1n) is 6.23. The van der Waals surface area contributed by atoms with Crippen LogP contribution in [0.25, 0.3) is 0 Å². The van der Waals surface area contributed by atoms with E-state index in [1.165, 1.54) is 11.1 Å². The normalized spacial score (nSPS) is 10.3. The number of rotatable bonds is 5. The van der Waals surface area contributed by atoms with Gasteiger partial charge in [-0.3, -0.25) is 0 Å². The van der Waals surface area contributed by atoms with E-state index in [1.807, 2.05) is 30.3 Å². The summed E-state index contributed by atoms with van der Waals surface area (Å²) in [6.45, 7) is 5.25. The Morgan fingerprint density at radius 2 is 1.37 bits per heavy atom. The van der Waals surface area contributed by atoms with Crippen LogP contribution >= 0.6 is 15.9 Å². The first-order valence-corrected chi connectivity index (χ1v) is 7.03. The van der Waals surface area contributed by atoms with E-state index in [1.54, 1.807) is 0 Å². The van der Waals surface area contributed by atoms with E-state index in [0.717, 1.165) is 16.0 Å². The third-order valence-electron chi connectivity index (χ3n) is 2.91. The minimum absolute atomic E-state index is 0.536. The molecule has 2 aromatic rings. The smallest absolute Gasteiger partial charge is 0.122 e. The predicted octanol–water partition coefficient (Wildman–Crippen LogP) is 4.52. The first kappa shape index (κ1) is 13.9. The zero-order valence-corrected chi connectivity index (χ0v) is 12.7. The molecule has 0 fully saturated rings. The van der Waals surface area contributed by atoms with Crippen LogP contribution in [0.3, 0.4) is 0 Å². The fourth-order valence-corrected chi connectivity index (χ4v) is 1.92. The summed E-state index contributed by atoms with van der Waals surface area (Å²) in [5.41, 5.74) is 2.52. The third kappa shape index (κ3) is 4.28. The van der Waals surface area contributed by atoms with E-state index in [9.17, 15) is 0 Å². The monoisotopic (exact) mass is 320 g/mol. The highest BCUT2D eigenvalue weighted by molar-refractivity contribution is 9.10. The van der Waals surface area contributed by atoms with E-state index in [2.05, 4.69) is 41.9 Å². The molecule has 19 heavy (non-hydrogen) atoms. The second kappa shape index (κ2) is 6.62. The Bertz CT molecular complexity index is 535. The van der Waals surface area contributed by atoms with Gasteiger partial charge in [-0.05, 0) is 61.4 Å². The lowest BCUT2D eigenvalue weighted by Crippen LogP contribution is -2.09. The van der Waals surface area contributed by atoms with Crippen LogP contribution in [-0.2, 0) is 0 Å². The Labute approximate surface area is 122 Å². The fraction of sp³-hybridized carbons (Fsp3) is 0.250. The van der Waals surface area contributed by atoms with Crippen molar-refractivity contribution in [3.63, 3.8) is 0 Å². The summed E-state index contributed by atoms with van der Waals surface area (Å²) in [5, 5.41) is 0. The van der Waals surface area contributed by atoms with Crippen molar-refractivity contribution in [1.82, 2.24) is 0 Å². The first-order chi connectivity index (χ1) is 9.15. The highest BCUT2D eigenvalue weighted by atomic mass is 79.9. The van der Waals surface area contributed by atoms with Gasteiger partial charge in [-0.2, -0.15) is 0 Å². The van der Waals surface area contributed by atoms with Crippen LogP contribution in [-0.4, -0.2) is 13.2 Å². The summed E-state index contributed by atoms with van der Waals surface area (Å²) >= 11 is 3.39. The molecule has 0 radical (unpaired) electrons. The number of hydrogen-bond donors (Lipinski definition) is 0. The van der Waals surface area contributed by atoms with Crippen molar-refractivity contribution in [2.24, 2.45) is 0 Å². The van der Waals surface area contributed by atoms with Crippen LogP contribution in [0.2, 0.25) is 0 Å². The summed E-state index contributed by atoms with van der Waals surface area (Å²) in [6.07, 6.45) is 0. The summed E-state index contributed by atoms with van der Waals surface area (Å²) < 4.78 is 12.3. The Morgan fingerprint density at radius 3 is 2.00 bits per heavy atom. The SMILES string of the molecule is Cc1ccc(OCCOc2ccc(Br)cc2)cc1C. The second-order valence-electron chi connectivity index (χ2n) is 4.40. The number of benzene rings is 2. The summed E-state index contributed by atoms with van der Waals surface area (Å²) in [6, 6.07) is 13.9. The molecule has 100 valence electrons. The average Bonchev–Trinajstić information content (AvgIpc) is 2.41. The Morgan fingerprint density at radius 1 is 0.789 bits per heavy atom. The van der Waals surface area contributed by atoms with Crippen molar-refractivity contribution in [1.29, 1.82) is 0 Å². The maximum absolute atomic E-state index is 5.65. The van der Waals surface area contributed by atoms with E-state index in [0.29, 0.717) is 13.2 Å². The Balaban J connectivity index is 1.77. The van der Waals surface area contributed by atoms with Gasteiger partial charge < -0.3 is 9.47 Å². The van der Waals surface area contributed by atoms with Crippen LogP contribution in [0, 0.1) is 13.8 Å². The van der Waals surface area contributed by atoms with Crippen molar-refractivity contribution < 1.29 is 9.47 Å². The molecule has 0 aliphatic heterocycles. The molecule has 2 rings (SSSR count). The van der Waals surface area contributed by atoms with Gasteiger partial charge in [-0.25, -0.2) is 0 Å². The zero-order valence-electron chi connectivity index (χ0n) is 11.2. The quantitative estimate of drug-likeness (QED) is 0.754. The molecule has 0 N–H and O–H groups in total. The van der Waals surface area contributed by atoms with Crippen molar-refractivity contribution in [3.8, 4) is 11.5 Å². The molecule has 0 bridgehead atoms. The van der Waals surface area contributed by atoms with Crippen molar-refractivity contribution in [2.75, 3.05) is 13.2 Å². The lowest BCUT2D eigenvalue weighted by atomic mass is 10.1. The van der Waals surface area contributed by atoms with Crippen LogP contribution in [0.4, 0.5) is 0 Å². The number of ether oxygens (including phenoxy) is 2. The maximum Gasteiger partial charge on any atom is 0.122 e. The molecule has 0 aliphatic rings. The van der Waals surface area contributed by atoms with Crippen molar-refractivity contribution in [2.45, 2.75) is 13.8 Å². The van der Waals surface area contributed by atoms with Gasteiger partial charge in [0.25, 0.3) is 0 Å². The van der Waals surface area contributed by atoms with Gasteiger partial charge in [0.1, 0.15) is 24.7 Å². The van der Waals surface area contributed by atoms with Gasteiger partial charge in [-0.1, -0.05) is 22.0 Å². The molecule has 0 saturated heterocycles. The number of aryl methyl sites for hydroxylation is 2. The van der Waals surface area contributed by atoms with Gasteiger partial charge in [0.15, 0.2) is 0 Å². The van der Waals surface area contributed by atoms with Crippen LogP contribution in [0.5, 0.6) is 11.5 Å². The molecule has 2 nitrogen and oxygen atoms in total. The third-order valence-corrected chi connectivity index (χ3v) is 3.44. The van der Waals surface area contributed by atoms with Gasteiger partial charge in [0, 0.05) is 4.47 Å². The molecule has 0 saturated carbocycles. The molecule has 3 heteroatoms. The summed E-state index contributed by atoms with van der Waals surface area (Å²) in [4.78, 5) is 0.